The van der Waals surface area contributed by atoms with Gasteiger partial charge in [-0.1, -0.05) is 140 Å². The Balaban J connectivity index is 1.16. The summed E-state index contributed by atoms with van der Waals surface area (Å²) in [5.74, 6) is 2.88. The predicted octanol–water partition coefficient (Wildman–Crippen LogP) is 9.04. The minimum absolute atomic E-state index is 0.0100. The third-order valence-corrected chi connectivity index (χ3v) is 8.13. The van der Waals surface area contributed by atoms with Gasteiger partial charge in [0.25, 0.3) is 0 Å². The maximum atomic E-state index is 6.55. The standard InChI is InChI=1S/C39H27N3O/c1-4-11-26(12-5-1)27-19-21-28(22-20-27)31-23-24-32-35(25-31)43-34-18-10-17-33(36(32)34)39-41-37(29-13-6-2-7-14-29)40-38(42-39)30-15-8-3-9-16-30/h1-25,34,36H. The molecule has 0 spiro atoms. The summed E-state index contributed by atoms with van der Waals surface area (Å²) in [6.45, 7) is 0. The zero-order chi connectivity index (χ0) is 28.6. The molecule has 1 aliphatic carbocycles. The maximum Gasteiger partial charge on any atom is 0.164 e. The Labute approximate surface area is 250 Å². The topological polar surface area (TPSA) is 47.9 Å². The van der Waals surface area contributed by atoms with Crippen molar-refractivity contribution in [1.82, 2.24) is 15.0 Å². The fourth-order valence-electron chi connectivity index (χ4n) is 5.97. The predicted molar refractivity (Wildman–Crippen MR) is 172 cm³/mol. The summed E-state index contributed by atoms with van der Waals surface area (Å²) in [5, 5.41) is 0. The first kappa shape index (κ1) is 25.1. The SMILES string of the molecule is C1=CC2Oc3cc(-c4ccc(-c5ccccc5)cc4)ccc3C2C(c2nc(-c3ccccc3)nc(-c3ccccc3)n2)=C1. The van der Waals surface area contributed by atoms with E-state index < -0.39 is 0 Å². The number of allylic oxidation sites excluding steroid dienone is 2. The molecule has 1 aliphatic heterocycles. The summed E-state index contributed by atoms with van der Waals surface area (Å²) in [6.07, 6.45) is 6.18. The van der Waals surface area contributed by atoms with E-state index in [-0.39, 0.29) is 12.0 Å². The third kappa shape index (κ3) is 4.73. The molecule has 6 aromatic rings. The summed E-state index contributed by atoms with van der Waals surface area (Å²) >= 11 is 0. The first-order valence-electron chi connectivity index (χ1n) is 14.5. The van der Waals surface area contributed by atoms with Crippen molar-refractivity contribution in [1.29, 1.82) is 0 Å². The highest BCUT2D eigenvalue weighted by atomic mass is 16.5. The fraction of sp³-hybridized carbons (Fsp3) is 0.0513. The van der Waals surface area contributed by atoms with Crippen molar-refractivity contribution in [2.24, 2.45) is 0 Å². The van der Waals surface area contributed by atoms with Crippen molar-refractivity contribution in [3.63, 3.8) is 0 Å². The Kier molecular flexibility index (Phi) is 6.23. The molecule has 2 heterocycles. The monoisotopic (exact) mass is 553 g/mol. The Morgan fingerprint density at radius 2 is 0.953 bits per heavy atom. The molecular formula is C39H27N3O. The third-order valence-electron chi connectivity index (χ3n) is 8.13. The first-order valence-corrected chi connectivity index (χ1v) is 14.5. The van der Waals surface area contributed by atoms with E-state index in [1.54, 1.807) is 0 Å². The molecule has 0 saturated heterocycles. The lowest BCUT2D eigenvalue weighted by Crippen LogP contribution is -2.20. The molecule has 4 nitrogen and oxygen atoms in total. The highest BCUT2D eigenvalue weighted by Gasteiger charge is 2.38. The van der Waals surface area contributed by atoms with Gasteiger partial charge in [-0.05, 0) is 34.4 Å². The first-order chi connectivity index (χ1) is 21.3. The summed E-state index contributed by atoms with van der Waals surface area (Å²) in [4.78, 5) is 14.9. The highest BCUT2D eigenvalue weighted by molar-refractivity contribution is 5.78. The van der Waals surface area contributed by atoms with Crippen LogP contribution in [-0.2, 0) is 0 Å². The Hall–Kier alpha value is -5.61. The van der Waals surface area contributed by atoms with Gasteiger partial charge in [-0.3, -0.25) is 0 Å². The number of ether oxygens (including phenoxy) is 1. The zero-order valence-electron chi connectivity index (χ0n) is 23.3. The molecule has 0 fully saturated rings. The highest BCUT2D eigenvalue weighted by Crippen LogP contribution is 2.48. The maximum absolute atomic E-state index is 6.55. The average Bonchev–Trinajstić information content (AvgIpc) is 3.47. The van der Waals surface area contributed by atoms with Crippen LogP contribution in [0.3, 0.4) is 0 Å². The molecular weight excluding hydrogens is 526 g/mol. The van der Waals surface area contributed by atoms with Crippen molar-refractivity contribution in [2.75, 3.05) is 0 Å². The summed E-state index contributed by atoms with van der Waals surface area (Å²) in [7, 11) is 0. The van der Waals surface area contributed by atoms with Crippen molar-refractivity contribution in [3.05, 3.63) is 163 Å². The van der Waals surface area contributed by atoms with Gasteiger partial charge in [0.2, 0.25) is 0 Å². The van der Waals surface area contributed by atoms with E-state index in [1.807, 2.05) is 66.7 Å². The van der Waals surface area contributed by atoms with E-state index in [9.17, 15) is 0 Å². The molecule has 8 rings (SSSR count). The minimum atomic E-state index is -0.122. The fourth-order valence-corrected chi connectivity index (χ4v) is 5.97. The van der Waals surface area contributed by atoms with Gasteiger partial charge in [0.15, 0.2) is 17.5 Å². The molecule has 1 aromatic heterocycles. The van der Waals surface area contributed by atoms with Crippen LogP contribution in [-0.4, -0.2) is 21.1 Å². The largest absolute Gasteiger partial charge is 0.485 e. The van der Waals surface area contributed by atoms with Crippen LogP contribution in [0.4, 0.5) is 0 Å². The second kappa shape index (κ2) is 10.7. The lowest BCUT2D eigenvalue weighted by Gasteiger charge is -2.22. The molecule has 43 heavy (non-hydrogen) atoms. The van der Waals surface area contributed by atoms with E-state index >= 15 is 0 Å². The molecule has 5 aromatic carbocycles. The van der Waals surface area contributed by atoms with Gasteiger partial charge in [0.1, 0.15) is 11.9 Å². The summed E-state index contributed by atoms with van der Waals surface area (Å²) < 4.78 is 6.55. The normalized spacial score (nSPS) is 16.6. The number of hydrogen-bond acceptors (Lipinski definition) is 4. The van der Waals surface area contributed by atoms with Gasteiger partial charge in [-0.2, -0.15) is 0 Å². The van der Waals surface area contributed by atoms with Gasteiger partial charge < -0.3 is 4.74 Å². The van der Waals surface area contributed by atoms with E-state index in [4.69, 9.17) is 19.7 Å². The van der Waals surface area contributed by atoms with Gasteiger partial charge >= 0.3 is 0 Å². The van der Waals surface area contributed by atoms with Crippen LogP contribution in [0.1, 0.15) is 17.3 Å². The van der Waals surface area contributed by atoms with Crippen LogP contribution < -0.4 is 4.74 Å². The number of aromatic nitrogens is 3. The summed E-state index contributed by atoms with van der Waals surface area (Å²) in [5.41, 5.74) is 8.79. The average molecular weight is 554 g/mol. The van der Waals surface area contributed by atoms with Crippen LogP contribution >= 0.6 is 0 Å². The minimum Gasteiger partial charge on any atom is -0.485 e. The Bertz CT molecular complexity index is 1930. The molecule has 0 amide bonds. The van der Waals surface area contributed by atoms with Crippen LogP contribution in [0.25, 0.3) is 50.6 Å². The number of hydrogen-bond donors (Lipinski definition) is 0. The smallest absolute Gasteiger partial charge is 0.164 e. The second-order valence-corrected chi connectivity index (χ2v) is 10.8. The van der Waals surface area contributed by atoms with E-state index in [0.717, 1.165) is 39.1 Å². The van der Waals surface area contributed by atoms with E-state index in [0.29, 0.717) is 17.5 Å². The van der Waals surface area contributed by atoms with Gasteiger partial charge in [-0.15, -0.1) is 0 Å². The molecule has 2 unspecified atom stereocenters. The molecule has 204 valence electrons. The Morgan fingerprint density at radius 1 is 0.465 bits per heavy atom. The van der Waals surface area contributed by atoms with Crippen molar-refractivity contribution in [3.8, 4) is 50.8 Å². The number of rotatable bonds is 5. The number of nitrogens with zero attached hydrogens (tertiary/aromatic N) is 3. The molecule has 4 heteroatoms. The second-order valence-electron chi connectivity index (χ2n) is 10.8. The Morgan fingerprint density at radius 3 is 1.56 bits per heavy atom. The van der Waals surface area contributed by atoms with Crippen molar-refractivity contribution < 1.29 is 4.74 Å². The molecule has 0 bridgehead atoms. The van der Waals surface area contributed by atoms with Crippen LogP contribution in [0, 0.1) is 0 Å². The number of fused-ring (bicyclic) bond motifs is 3. The summed E-state index contributed by atoms with van der Waals surface area (Å²) in [6, 6.07) is 45.9. The van der Waals surface area contributed by atoms with Gasteiger partial charge in [0, 0.05) is 22.3 Å². The van der Waals surface area contributed by atoms with Crippen molar-refractivity contribution >= 4 is 5.57 Å². The zero-order valence-corrected chi connectivity index (χ0v) is 23.3. The van der Waals surface area contributed by atoms with Gasteiger partial charge in [-0.25, -0.2) is 15.0 Å². The number of benzene rings is 5. The van der Waals surface area contributed by atoms with E-state index in [2.05, 4.69) is 85.0 Å². The van der Waals surface area contributed by atoms with E-state index in [1.165, 1.54) is 11.1 Å². The van der Waals surface area contributed by atoms with Crippen LogP contribution in [0.2, 0.25) is 0 Å². The molecule has 2 atom stereocenters. The lowest BCUT2D eigenvalue weighted by atomic mass is 9.83. The molecule has 0 radical (unpaired) electrons. The molecule has 0 saturated carbocycles. The van der Waals surface area contributed by atoms with Crippen LogP contribution in [0.5, 0.6) is 5.75 Å². The van der Waals surface area contributed by atoms with Crippen molar-refractivity contribution in [2.45, 2.75) is 12.0 Å². The molecule has 2 aliphatic rings. The lowest BCUT2D eigenvalue weighted by molar-refractivity contribution is 0.271. The molecule has 0 N–H and O–H groups in total. The van der Waals surface area contributed by atoms with Crippen LogP contribution in [0.15, 0.2) is 152 Å². The quantitative estimate of drug-likeness (QED) is 0.214. The van der Waals surface area contributed by atoms with Gasteiger partial charge in [0.05, 0.1) is 5.92 Å².